The van der Waals surface area contributed by atoms with Gasteiger partial charge in [0.1, 0.15) is 0 Å². The maximum atomic E-state index is 12.3. The Kier molecular flexibility index (Phi) is 1.91. The molecule has 0 saturated heterocycles. The van der Waals surface area contributed by atoms with Crippen LogP contribution in [0, 0.1) is 5.41 Å². The fourth-order valence-electron chi connectivity index (χ4n) is 2.33. The van der Waals surface area contributed by atoms with Crippen LogP contribution in [0.1, 0.15) is 19.4 Å². The molecule has 4 heteroatoms. The largest absolute Gasteiger partial charge is 0.309 e. The zero-order valence-corrected chi connectivity index (χ0v) is 10.1. The van der Waals surface area contributed by atoms with Crippen molar-refractivity contribution in [3.8, 4) is 0 Å². The average Bonchev–Trinajstić information content (AvgIpc) is 2.62. The molecular weight excluding hydrogens is 230 g/mol. The van der Waals surface area contributed by atoms with Crippen molar-refractivity contribution in [1.29, 1.82) is 0 Å². The van der Waals surface area contributed by atoms with Gasteiger partial charge >= 0.3 is 5.71 Å². The van der Waals surface area contributed by atoms with Crippen LogP contribution in [-0.4, -0.2) is 27.2 Å². The van der Waals surface area contributed by atoms with Gasteiger partial charge < -0.3 is 0 Å². The van der Waals surface area contributed by atoms with Gasteiger partial charge in [-0.1, -0.05) is 12.1 Å². The second kappa shape index (κ2) is 3.16. The lowest BCUT2D eigenvalue weighted by molar-refractivity contribution is -0.709. The Labute approximate surface area is 104 Å². The summed E-state index contributed by atoms with van der Waals surface area (Å²) in [5.74, 6) is -0.569. The number of benzene rings is 1. The van der Waals surface area contributed by atoms with E-state index in [1.165, 1.54) is 6.08 Å². The molecule has 0 bridgehead atoms. The van der Waals surface area contributed by atoms with Crippen LogP contribution in [0.2, 0.25) is 0 Å². The van der Waals surface area contributed by atoms with Crippen LogP contribution in [0.4, 0.5) is 5.69 Å². The monoisotopic (exact) mass is 242 g/mol. The summed E-state index contributed by atoms with van der Waals surface area (Å²) in [5, 5.41) is 10.1. The third-order valence-corrected chi connectivity index (χ3v) is 3.56. The highest BCUT2D eigenvalue weighted by Crippen LogP contribution is 2.39. The number of hydrogen-bond acceptors (Lipinski definition) is 3. The van der Waals surface area contributed by atoms with E-state index >= 15 is 0 Å². The smallest absolute Gasteiger partial charge is 0.294 e. The standard InChI is InChI=1S/C14H12NO3/c1-14(2)11(16)7-9-8-5-3-4-6-10(8)15(18)12(9)13(14)17/h3-7,18H,1-2H3/q+1. The Bertz CT molecular complexity index is 665. The van der Waals surface area contributed by atoms with Crippen LogP contribution in [-0.2, 0) is 9.59 Å². The highest BCUT2D eigenvalue weighted by Gasteiger charge is 2.52. The van der Waals surface area contributed by atoms with Crippen LogP contribution in [0.5, 0.6) is 0 Å². The zero-order chi connectivity index (χ0) is 13.1. The molecule has 18 heavy (non-hydrogen) atoms. The Morgan fingerprint density at radius 3 is 2.56 bits per heavy atom. The predicted molar refractivity (Wildman–Crippen MR) is 64.9 cm³/mol. The minimum atomic E-state index is -1.11. The molecule has 4 nitrogen and oxygen atoms in total. The fourth-order valence-corrected chi connectivity index (χ4v) is 2.33. The molecule has 0 amide bonds. The summed E-state index contributed by atoms with van der Waals surface area (Å²) < 4.78 is 0.887. The number of allylic oxidation sites excluding steroid dienone is 2. The molecule has 0 spiro atoms. The van der Waals surface area contributed by atoms with Crippen molar-refractivity contribution < 1.29 is 19.5 Å². The van der Waals surface area contributed by atoms with E-state index in [4.69, 9.17) is 0 Å². The van der Waals surface area contributed by atoms with Gasteiger partial charge in [-0.05, 0) is 26.0 Å². The Balaban J connectivity index is 2.35. The second-order valence-corrected chi connectivity index (χ2v) is 5.05. The molecule has 1 N–H and O–H groups in total. The second-order valence-electron chi connectivity index (χ2n) is 5.05. The molecule has 0 aromatic heterocycles. The first-order valence-electron chi connectivity index (χ1n) is 5.71. The van der Waals surface area contributed by atoms with Crippen molar-refractivity contribution >= 4 is 28.5 Å². The van der Waals surface area contributed by atoms with Crippen LogP contribution in [0.3, 0.4) is 0 Å². The molecule has 1 heterocycles. The van der Waals surface area contributed by atoms with Crippen molar-refractivity contribution in [2.24, 2.45) is 5.41 Å². The third-order valence-electron chi connectivity index (χ3n) is 3.56. The molecule has 1 aromatic carbocycles. The van der Waals surface area contributed by atoms with Gasteiger partial charge in [-0.25, -0.2) is 0 Å². The number of rotatable bonds is 0. The minimum Gasteiger partial charge on any atom is -0.294 e. The first kappa shape index (κ1) is 10.9. The van der Waals surface area contributed by atoms with Crippen LogP contribution < -0.4 is 0 Å². The van der Waals surface area contributed by atoms with E-state index in [1.807, 2.05) is 6.07 Å². The van der Waals surface area contributed by atoms with Crippen molar-refractivity contribution in [2.75, 3.05) is 0 Å². The summed E-state index contributed by atoms with van der Waals surface area (Å²) in [5.41, 5.74) is 0.856. The van der Waals surface area contributed by atoms with E-state index in [2.05, 4.69) is 0 Å². The first-order chi connectivity index (χ1) is 8.44. The third kappa shape index (κ3) is 1.12. The van der Waals surface area contributed by atoms with Gasteiger partial charge in [0.05, 0.1) is 16.6 Å². The van der Waals surface area contributed by atoms with Crippen molar-refractivity contribution in [2.45, 2.75) is 13.8 Å². The van der Waals surface area contributed by atoms with Crippen LogP contribution >= 0.6 is 0 Å². The van der Waals surface area contributed by atoms with E-state index in [9.17, 15) is 14.8 Å². The summed E-state index contributed by atoms with van der Waals surface area (Å²) in [6.07, 6.45) is 1.45. The maximum Gasteiger partial charge on any atom is 0.309 e. The fraction of sp³-hybridized carbons (Fsp3) is 0.214. The number of hydrogen-bond donors (Lipinski definition) is 1. The average molecular weight is 242 g/mol. The maximum absolute atomic E-state index is 12.3. The molecule has 0 unspecified atom stereocenters. The van der Waals surface area contributed by atoms with Crippen molar-refractivity contribution in [1.82, 2.24) is 0 Å². The summed E-state index contributed by atoms with van der Waals surface area (Å²) in [6.45, 7) is 3.16. The number of nitrogens with zero attached hydrogens (tertiary/aromatic N) is 1. The summed E-state index contributed by atoms with van der Waals surface area (Å²) >= 11 is 0. The van der Waals surface area contributed by atoms with Gasteiger partial charge in [-0.3, -0.25) is 14.8 Å². The van der Waals surface area contributed by atoms with Gasteiger partial charge in [-0.15, -0.1) is 0 Å². The summed E-state index contributed by atoms with van der Waals surface area (Å²) in [4.78, 5) is 24.3. The summed E-state index contributed by atoms with van der Waals surface area (Å²) in [6, 6.07) is 7.09. The lowest BCUT2D eigenvalue weighted by Gasteiger charge is -2.21. The summed E-state index contributed by atoms with van der Waals surface area (Å²) in [7, 11) is 0. The first-order valence-corrected chi connectivity index (χ1v) is 5.71. The minimum absolute atomic E-state index is 0.195. The lowest BCUT2D eigenvalue weighted by atomic mass is 9.74. The molecule has 0 radical (unpaired) electrons. The highest BCUT2D eigenvalue weighted by molar-refractivity contribution is 6.62. The Morgan fingerprint density at radius 1 is 1.17 bits per heavy atom. The molecule has 1 aliphatic carbocycles. The Hall–Kier alpha value is -2.23. The van der Waals surface area contributed by atoms with E-state index < -0.39 is 5.41 Å². The lowest BCUT2D eigenvalue weighted by Crippen LogP contribution is -2.42. The molecule has 0 atom stereocenters. The number of carbonyl (C=O) groups is 2. The molecule has 90 valence electrons. The number of ketones is 2. The SMILES string of the molecule is CC1(C)C(=O)C=C2C(=[N+](O)c3ccccc32)C1=O. The molecule has 0 saturated carbocycles. The molecule has 1 aromatic rings. The molecule has 2 aliphatic rings. The number of fused-ring (bicyclic) bond motifs is 3. The molecular formula is C14H12NO3+. The molecule has 3 rings (SSSR count). The normalized spacial score (nSPS) is 20.7. The van der Waals surface area contributed by atoms with E-state index in [0.29, 0.717) is 16.8 Å². The van der Waals surface area contributed by atoms with Gasteiger partial charge in [0.2, 0.25) is 5.78 Å². The van der Waals surface area contributed by atoms with Gasteiger partial charge in [0, 0.05) is 10.8 Å². The molecule has 1 aliphatic heterocycles. The van der Waals surface area contributed by atoms with Crippen LogP contribution in [0.25, 0.3) is 5.57 Å². The Morgan fingerprint density at radius 2 is 1.83 bits per heavy atom. The molecule has 0 fully saturated rings. The quantitative estimate of drug-likeness (QED) is 0.428. The topological polar surface area (TPSA) is 57.4 Å². The number of Topliss-reactive ketones (excluding diaryl/α,β-unsaturated/α-hetero) is 1. The van der Waals surface area contributed by atoms with E-state index in [0.717, 1.165) is 4.74 Å². The van der Waals surface area contributed by atoms with E-state index in [-0.39, 0.29) is 17.3 Å². The van der Waals surface area contributed by atoms with Gasteiger partial charge in [0.15, 0.2) is 5.78 Å². The van der Waals surface area contributed by atoms with Crippen LogP contribution in [0.15, 0.2) is 30.3 Å². The zero-order valence-electron chi connectivity index (χ0n) is 10.1. The predicted octanol–water partition coefficient (Wildman–Crippen LogP) is 1.74. The highest BCUT2D eigenvalue weighted by atomic mass is 16.5. The number of para-hydroxylation sites is 1. The van der Waals surface area contributed by atoms with Crippen molar-refractivity contribution in [3.05, 3.63) is 35.9 Å². The van der Waals surface area contributed by atoms with Gasteiger partial charge in [-0.2, -0.15) is 0 Å². The van der Waals surface area contributed by atoms with Crippen molar-refractivity contribution in [3.63, 3.8) is 0 Å². The van der Waals surface area contributed by atoms with Gasteiger partial charge in [0.25, 0.3) is 5.69 Å². The van der Waals surface area contributed by atoms with E-state index in [1.54, 1.807) is 32.0 Å². The number of carbonyl (C=O) groups excluding carboxylic acids is 2.